The van der Waals surface area contributed by atoms with Crippen LogP contribution < -0.4 is 21.1 Å². The Hall–Kier alpha value is -2.61. The van der Waals surface area contributed by atoms with E-state index in [0.717, 1.165) is 37.0 Å². The van der Waals surface area contributed by atoms with Crippen LogP contribution in [0.4, 0.5) is 0 Å². The molecule has 192 valence electrons. The highest BCUT2D eigenvalue weighted by Crippen LogP contribution is 2.28. The van der Waals surface area contributed by atoms with Crippen molar-refractivity contribution < 1.29 is 19.1 Å². The number of amides is 2. The van der Waals surface area contributed by atoms with Gasteiger partial charge in [0, 0.05) is 32.6 Å². The molecule has 1 atom stereocenters. The zero-order valence-electron chi connectivity index (χ0n) is 20.4. The molecule has 8 heteroatoms. The van der Waals surface area contributed by atoms with Crippen molar-refractivity contribution in [2.75, 3.05) is 26.8 Å². The van der Waals surface area contributed by atoms with Gasteiger partial charge in [-0.3, -0.25) is 9.59 Å². The van der Waals surface area contributed by atoms with Crippen molar-refractivity contribution in [2.45, 2.75) is 44.6 Å². The van der Waals surface area contributed by atoms with Gasteiger partial charge in [-0.05, 0) is 74.4 Å². The molecule has 2 aromatic rings. The highest BCUT2D eigenvalue weighted by molar-refractivity contribution is 5.88. The van der Waals surface area contributed by atoms with E-state index in [1.165, 1.54) is 0 Å². The van der Waals surface area contributed by atoms with Gasteiger partial charge < -0.3 is 25.8 Å². The average Bonchev–Trinajstić information content (AvgIpc) is 2.87. The monoisotopic (exact) mass is 503 g/mol. The molecular formula is C27H38ClN3O4. The van der Waals surface area contributed by atoms with Crippen LogP contribution in [0, 0.1) is 11.8 Å². The minimum atomic E-state index is -0.658. The largest absolute Gasteiger partial charge is 0.457 e. The summed E-state index contributed by atoms with van der Waals surface area (Å²) >= 11 is 0. The van der Waals surface area contributed by atoms with E-state index in [2.05, 4.69) is 10.6 Å². The van der Waals surface area contributed by atoms with E-state index in [-0.39, 0.29) is 30.1 Å². The molecule has 3 rings (SSSR count). The SMILES string of the molecule is COCCCNC(=O)C(Cc1cccc(Oc2ccccc2)c1)NC(=O)[C@H]1CC[C@H](CN)CC1.Cl. The lowest BCUT2D eigenvalue weighted by atomic mass is 9.81. The topological polar surface area (TPSA) is 103 Å². The first kappa shape index (κ1) is 28.6. The molecule has 1 aliphatic rings. The number of ether oxygens (including phenoxy) is 2. The van der Waals surface area contributed by atoms with Crippen LogP contribution in [-0.2, 0) is 20.7 Å². The number of halogens is 1. The van der Waals surface area contributed by atoms with Gasteiger partial charge in [0.05, 0.1) is 0 Å². The Kier molecular flexibility index (Phi) is 12.6. The van der Waals surface area contributed by atoms with Crippen molar-refractivity contribution >= 4 is 24.2 Å². The Morgan fingerprint density at radius 1 is 1.03 bits per heavy atom. The summed E-state index contributed by atoms with van der Waals surface area (Å²) in [5, 5.41) is 5.96. The lowest BCUT2D eigenvalue weighted by Gasteiger charge is -2.28. The number of carbonyl (C=O) groups is 2. The maximum atomic E-state index is 13.0. The third kappa shape index (κ3) is 9.51. The molecule has 0 saturated heterocycles. The number of rotatable bonds is 12. The smallest absolute Gasteiger partial charge is 0.242 e. The maximum absolute atomic E-state index is 13.0. The van der Waals surface area contributed by atoms with Crippen molar-refractivity contribution in [2.24, 2.45) is 17.6 Å². The van der Waals surface area contributed by atoms with Crippen molar-refractivity contribution in [3.05, 3.63) is 60.2 Å². The summed E-state index contributed by atoms with van der Waals surface area (Å²) in [5.41, 5.74) is 6.70. The third-order valence-electron chi connectivity index (χ3n) is 6.33. The summed E-state index contributed by atoms with van der Waals surface area (Å²) < 4.78 is 11.0. The molecule has 0 radical (unpaired) electrons. The summed E-state index contributed by atoms with van der Waals surface area (Å²) in [5.74, 6) is 1.62. The number of hydrogen-bond donors (Lipinski definition) is 3. The van der Waals surface area contributed by atoms with Gasteiger partial charge in [-0.25, -0.2) is 0 Å². The lowest BCUT2D eigenvalue weighted by Crippen LogP contribution is -2.50. The fraction of sp³-hybridized carbons (Fsp3) is 0.481. The van der Waals surface area contributed by atoms with Crippen LogP contribution >= 0.6 is 12.4 Å². The molecule has 2 amide bonds. The number of para-hydroxylation sites is 1. The molecule has 0 bridgehead atoms. The highest BCUT2D eigenvalue weighted by atomic mass is 35.5. The molecule has 0 aromatic heterocycles. The maximum Gasteiger partial charge on any atom is 0.242 e. The van der Waals surface area contributed by atoms with Gasteiger partial charge in [-0.1, -0.05) is 30.3 Å². The predicted molar refractivity (Wildman–Crippen MR) is 140 cm³/mol. The highest BCUT2D eigenvalue weighted by Gasteiger charge is 2.29. The van der Waals surface area contributed by atoms with Gasteiger partial charge in [0.1, 0.15) is 17.5 Å². The molecule has 35 heavy (non-hydrogen) atoms. The molecule has 7 nitrogen and oxygen atoms in total. The number of nitrogens with one attached hydrogen (secondary N) is 2. The van der Waals surface area contributed by atoms with Gasteiger partial charge in [0.15, 0.2) is 0 Å². The van der Waals surface area contributed by atoms with Crippen LogP contribution in [0.2, 0.25) is 0 Å². The molecule has 1 unspecified atom stereocenters. The first-order valence-electron chi connectivity index (χ1n) is 12.2. The van der Waals surface area contributed by atoms with Crippen LogP contribution in [0.25, 0.3) is 0 Å². The van der Waals surface area contributed by atoms with E-state index >= 15 is 0 Å². The molecule has 4 N–H and O–H groups in total. The Bertz CT molecular complexity index is 904. The molecule has 1 aliphatic carbocycles. The Labute approximate surface area is 214 Å². The third-order valence-corrected chi connectivity index (χ3v) is 6.33. The van der Waals surface area contributed by atoms with Crippen molar-refractivity contribution in [3.8, 4) is 11.5 Å². The van der Waals surface area contributed by atoms with E-state index in [4.69, 9.17) is 15.2 Å². The summed E-state index contributed by atoms with van der Waals surface area (Å²) in [6, 6.07) is 16.5. The molecule has 1 fully saturated rings. The second-order valence-corrected chi connectivity index (χ2v) is 8.92. The Morgan fingerprint density at radius 2 is 1.74 bits per heavy atom. The molecular weight excluding hydrogens is 466 g/mol. The number of carbonyl (C=O) groups excluding carboxylic acids is 2. The number of hydrogen-bond acceptors (Lipinski definition) is 5. The fourth-order valence-corrected chi connectivity index (χ4v) is 4.31. The summed E-state index contributed by atoms with van der Waals surface area (Å²) in [7, 11) is 1.63. The summed E-state index contributed by atoms with van der Waals surface area (Å²) in [6.07, 6.45) is 4.65. The van der Waals surface area contributed by atoms with Crippen molar-refractivity contribution in [1.29, 1.82) is 0 Å². The predicted octanol–water partition coefficient (Wildman–Crippen LogP) is 3.85. The van der Waals surface area contributed by atoms with Crippen molar-refractivity contribution in [3.63, 3.8) is 0 Å². The minimum absolute atomic E-state index is 0. The zero-order valence-corrected chi connectivity index (χ0v) is 21.2. The molecule has 0 heterocycles. The lowest BCUT2D eigenvalue weighted by molar-refractivity contribution is -0.131. The molecule has 0 aliphatic heterocycles. The standard InChI is InChI=1S/C27H37N3O4.ClH/c1-33-16-6-15-29-27(32)25(30-26(31)22-13-11-20(19-28)12-14-22)18-21-7-5-10-24(17-21)34-23-8-3-2-4-9-23;/h2-5,7-10,17,20,22,25H,6,11-16,18-19,28H2,1H3,(H,29,32)(H,30,31);1H/t20-,22-,25?;. The van der Waals surface area contributed by atoms with E-state index in [9.17, 15) is 9.59 Å². The summed E-state index contributed by atoms with van der Waals surface area (Å²) in [6.45, 7) is 1.74. The van der Waals surface area contributed by atoms with Gasteiger partial charge >= 0.3 is 0 Å². The molecule has 0 spiro atoms. The fourth-order valence-electron chi connectivity index (χ4n) is 4.31. The first-order chi connectivity index (χ1) is 16.6. The average molecular weight is 504 g/mol. The van der Waals surface area contributed by atoms with Gasteiger partial charge in [0.25, 0.3) is 0 Å². The van der Waals surface area contributed by atoms with Crippen LogP contribution in [-0.4, -0.2) is 44.7 Å². The van der Waals surface area contributed by atoms with Gasteiger partial charge in [-0.2, -0.15) is 0 Å². The van der Waals surface area contributed by atoms with Gasteiger partial charge in [-0.15, -0.1) is 12.4 Å². The molecule has 1 saturated carbocycles. The van der Waals surface area contributed by atoms with Crippen LogP contribution in [0.5, 0.6) is 11.5 Å². The minimum Gasteiger partial charge on any atom is -0.457 e. The quantitative estimate of drug-likeness (QED) is 0.382. The van der Waals surface area contributed by atoms with E-state index in [1.807, 2.05) is 54.6 Å². The number of methoxy groups -OCH3 is 1. The normalized spacial score (nSPS) is 18.1. The van der Waals surface area contributed by atoms with Crippen LogP contribution in [0.15, 0.2) is 54.6 Å². The summed E-state index contributed by atoms with van der Waals surface area (Å²) in [4.78, 5) is 26.0. The van der Waals surface area contributed by atoms with Crippen molar-refractivity contribution in [1.82, 2.24) is 10.6 Å². The van der Waals surface area contributed by atoms with Gasteiger partial charge in [0.2, 0.25) is 11.8 Å². The van der Waals surface area contributed by atoms with Crippen LogP contribution in [0.3, 0.4) is 0 Å². The number of benzene rings is 2. The van der Waals surface area contributed by atoms with E-state index < -0.39 is 6.04 Å². The first-order valence-corrected chi connectivity index (χ1v) is 12.2. The van der Waals surface area contributed by atoms with E-state index in [1.54, 1.807) is 7.11 Å². The molecule has 2 aromatic carbocycles. The van der Waals surface area contributed by atoms with E-state index in [0.29, 0.717) is 44.2 Å². The number of nitrogens with two attached hydrogens (primary N) is 1. The van der Waals surface area contributed by atoms with Crippen LogP contribution in [0.1, 0.15) is 37.7 Å². The zero-order chi connectivity index (χ0) is 24.2. The second kappa shape index (κ2) is 15.4. The Morgan fingerprint density at radius 3 is 2.43 bits per heavy atom. The second-order valence-electron chi connectivity index (χ2n) is 8.92. The Balaban J connectivity index is 0.00000432.